The Bertz CT molecular complexity index is 1190. The predicted molar refractivity (Wildman–Crippen MR) is 97.9 cm³/mol. The highest BCUT2D eigenvalue weighted by Crippen LogP contribution is 2.28. The van der Waals surface area contributed by atoms with Crippen molar-refractivity contribution in [2.75, 3.05) is 36.0 Å². The fraction of sp³-hybridized carbons (Fsp3) is 0.353. The average molecular weight is 403 g/mol. The number of aryl methyl sites for hydroxylation is 1. The van der Waals surface area contributed by atoms with Gasteiger partial charge in [-0.3, -0.25) is 0 Å². The van der Waals surface area contributed by atoms with Crippen LogP contribution in [0, 0.1) is 6.92 Å². The van der Waals surface area contributed by atoms with Crippen molar-refractivity contribution in [3.05, 3.63) is 42.0 Å². The molecule has 0 atom stereocenters. The van der Waals surface area contributed by atoms with Crippen LogP contribution in [-0.4, -0.2) is 60.6 Å². The molecule has 0 aliphatic carbocycles. The lowest BCUT2D eigenvalue weighted by atomic mass is 10.3. The van der Waals surface area contributed by atoms with Gasteiger partial charge in [-0.15, -0.1) is 20.4 Å². The van der Waals surface area contributed by atoms with Gasteiger partial charge in [0.15, 0.2) is 11.3 Å². The van der Waals surface area contributed by atoms with Crippen LogP contribution in [0.25, 0.3) is 11.3 Å². The van der Waals surface area contributed by atoms with Gasteiger partial charge in [0, 0.05) is 26.2 Å². The minimum Gasteiger partial charge on any atom is -0.352 e. The molecular formula is C17H16F3N9. The zero-order chi connectivity index (χ0) is 20.2. The van der Waals surface area contributed by atoms with Crippen molar-refractivity contribution in [2.45, 2.75) is 13.1 Å². The molecule has 0 radical (unpaired) electrons. The van der Waals surface area contributed by atoms with Crippen molar-refractivity contribution in [3.8, 4) is 0 Å². The second kappa shape index (κ2) is 6.29. The summed E-state index contributed by atoms with van der Waals surface area (Å²) in [4.78, 5) is 8.44. The van der Waals surface area contributed by atoms with Gasteiger partial charge in [0.05, 0.1) is 11.9 Å². The Kier molecular flexibility index (Phi) is 3.83. The van der Waals surface area contributed by atoms with Crippen molar-refractivity contribution < 1.29 is 13.2 Å². The molecule has 5 rings (SSSR count). The monoisotopic (exact) mass is 403 g/mol. The highest BCUT2D eigenvalue weighted by Gasteiger charge is 2.37. The van der Waals surface area contributed by atoms with E-state index in [1.165, 1.54) is 6.07 Å². The zero-order valence-corrected chi connectivity index (χ0v) is 15.4. The summed E-state index contributed by atoms with van der Waals surface area (Å²) in [6.07, 6.45) is -2.74. The molecule has 29 heavy (non-hydrogen) atoms. The van der Waals surface area contributed by atoms with Gasteiger partial charge in [-0.25, -0.2) is 9.50 Å². The molecule has 4 aromatic heterocycles. The Morgan fingerprint density at radius 3 is 2.10 bits per heavy atom. The normalized spacial score (nSPS) is 15.6. The number of piperazine rings is 1. The summed E-state index contributed by atoms with van der Waals surface area (Å²) >= 11 is 0. The Hall–Kier alpha value is -3.44. The molecule has 4 aromatic rings. The van der Waals surface area contributed by atoms with Crippen LogP contribution in [0.15, 0.2) is 30.5 Å². The smallest absolute Gasteiger partial charge is 0.352 e. The van der Waals surface area contributed by atoms with E-state index in [0.29, 0.717) is 32.0 Å². The molecule has 0 spiro atoms. The van der Waals surface area contributed by atoms with E-state index < -0.39 is 12.0 Å². The molecule has 1 saturated heterocycles. The largest absolute Gasteiger partial charge is 0.453 e. The fourth-order valence-corrected chi connectivity index (χ4v) is 3.45. The molecule has 12 heteroatoms. The molecule has 0 N–H and O–H groups in total. The van der Waals surface area contributed by atoms with Crippen LogP contribution in [0.3, 0.4) is 0 Å². The molecule has 9 nitrogen and oxygen atoms in total. The van der Waals surface area contributed by atoms with Crippen molar-refractivity contribution in [2.24, 2.45) is 0 Å². The highest BCUT2D eigenvalue weighted by atomic mass is 19.4. The number of rotatable bonds is 2. The van der Waals surface area contributed by atoms with E-state index in [4.69, 9.17) is 0 Å². The molecule has 1 aliphatic rings. The van der Waals surface area contributed by atoms with E-state index in [-0.39, 0.29) is 5.65 Å². The number of fused-ring (bicyclic) bond motifs is 2. The minimum absolute atomic E-state index is 0.0628. The first-order valence-electron chi connectivity index (χ1n) is 9.01. The van der Waals surface area contributed by atoms with Crippen molar-refractivity contribution in [3.63, 3.8) is 0 Å². The summed E-state index contributed by atoms with van der Waals surface area (Å²) < 4.78 is 41.7. The van der Waals surface area contributed by atoms with Crippen LogP contribution in [0.2, 0.25) is 0 Å². The maximum atomic E-state index is 13.1. The average Bonchev–Trinajstić information content (AvgIpc) is 3.29. The Morgan fingerprint density at radius 1 is 0.828 bits per heavy atom. The highest BCUT2D eigenvalue weighted by molar-refractivity contribution is 5.50. The first kappa shape index (κ1) is 17.6. The van der Waals surface area contributed by atoms with Crippen molar-refractivity contribution >= 4 is 22.9 Å². The predicted octanol–water partition coefficient (Wildman–Crippen LogP) is 1.82. The molecule has 1 fully saturated rings. The molecule has 0 aromatic carbocycles. The Labute approximate surface area is 162 Å². The summed E-state index contributed by atoms with van der Waals surface area (Å²) in [5, 5.41) is 15.5. The van der Waals surface area contributed by atoms with Gasteiger partial charge in [0.25, 0.3) is 5.82 Å². The summed E-state index contributed by atoms with van der Waals surface area (Å²) in [5.41, 5.74) is 1.75. The van der Waals surface area contributed by atoms with Crippen LogP contribution >= 0.6 is 0 Å². The molecular weight excluding hydrogens is 387 g/mol. The summed E-state index contributed by atoms with van der Waals surface area (Å²) in [5.74, 6) is 0.160. The first-order chi connectivity index (χ1) is 13.9. The van der Waals surface area contributed by atoms with Gasteiger partial charge >= 0.3 is 6.18 Å². The van der Waals surface area contributed by atoms with E-state index >= 15 is 0 Å². The summed E-state index contributed by atoms with van der Waals surface area (Å²) in [6, 6.07) is 7.00. The topological polar surface area (TPSA) is 79.8 Å². The minimum atomic E-state index is -4.61. The molecule has 5 heterocycles. The quantitative estimate of drug-likeness (QED) is 0.505. The van der Waals surface area contributed by atoms with Crippen LogP contribution in [-0.2, 0) is 6.18 Å². The Balaban J connectivity index is 1.35. The number of hydrogen-bond donors (Lipinski definition) is 0. The van der Waals surface area contributed by atoms with Crippen LogP contribution in [0.1, 0.15) is 11.5 Å². The van der Waals surface area contributed by atoms with Crippen molar-refractivity contribution in [1.82, 2.24) is 34.4 Å². The van der Waals surface area contributed by atoms with Gasteiger partial charge < -0.3 is 9.80 Å². The number of nitrogens with zero attached hydrogens (tertiary/aromatic N) is 9. The molecule has 150 valence electrons. The van der Waals surface area contributed by atoms with Crippen LogP contribution in [0.5, 0.6) is 0 Å². The molecule has 1 aliphatic heterocycles. The zero-order valence-electron chi connectivity index (χ0n) is 15.4. The van der Waals surface area contributed by atoms with Gasteiger partial charge in [-0.2, -0.15) is 17.7 Å². The number of anilines is 2. The third kappa shape index (κ3) is 3.09. The Morgan fingerprint density at radius 2 is 1.45 bits per heavy atom. The summed E-state index contributed by atoms with van der Waals surface area (Å²) in [7, 11) is 0. The summed E-state index contributed by atoms with van der Waals surface area (Å²) in [6.45, 7) is 4.45. The van der Waals surface area contributed by atoms with Gasteiger partial charge in [-0.05, 0) is 31.2 Å². The van der Waals surface area contributed by atoms with E-state index in [1.54, 1.807) is 10.6 Å². The molecule has 0 saturated carbocycles. The SMILES string of the molecule is Cc1cn2nc(N3CCN(c4ccc5nnc(C(F)(F)F)n5n4)CC3)ccc2n1. The lowest BCUT2D eigenvalue weighted by molar-refractivity contribution is -0.146. The third-order valence-corrected chi connectivity index (χ3v) is 4.86. The number of aromatic nitrogens is 7. The first-order valence-corrected chi connectivity index (χ1v) is 9.01. The number of halogens is 3. The van der Waals surface area contributed by atoms with E-state index in [1.807, 2.05) is 30.2 Å². The number of hydrogen-bond acceptors (Lipinski definition) is 7. The molecule has 0 bridgehead atoms. The van der Waals surface area contributed by atoms with Gasteiger partial charge in [-0.1, -0.05) is 0 Å². The molecule has 0 unspecified atom stereocenters. The van der Waals surface area contributed by atoms with E-state index in [2.05, 4.69) is 30.3 Å². The van der Waals surface area contributed by atoms with Gasteiger partial charge in [0.1, 0.15) is 11.6 Å². The standard InChI is InChI=1S/C17H16F3N9/c1-11-10-28-12(21-11)2-4-14(24-28)26-6-8-27(9-7-26)15-5-3-13-22-23-16(17(18,19)20)29(13)25-15/h2-5,10H,6-9H2,1H3. The lowest BCUT2D eigenvalue weighted by Gasteiger charge is -2.35. The van der Waals surface area contributed by atoms with E-state index in [9.17, 15) is 13.2 Å². The van der Waals surface area contributed by atoms with Crippen molar-refractivity contribution in [1.29, 1.82) is 0 Å². The second-order valence-corrected chi connectivity index (χ2v) is 6.83. The third-order valence-electron chi connectivity index (χ3n) is 4.86. The van der Waals surface area contributed by atoms with Crippen LogP contribution < -0.4 is 9.80 Å². The maximum absolute atomic E-state index is 13.1. The number of alkyl halides is 3. The number of imidazole rings is 1. The van der Waals surface area contributed by atoms with E-state index in [0.717, 1.165) is 21.7 Å². The lowest BCUT2D eigenvalue weighted by Crippen LogP contribution is -2.47. The second-order valence-electron chi connectivity index (χ2n) is 6.83. The maximum Gasteiger partial charge on any atom is 0.453 e. The van der Waals surface area contributed by atoms with Gasteiger partial charge in [0.2, 0.25) is 0 Å². The molecule has 0 amide bonds. The van der Waals surface area contributed by atoms with Crippen LogP contribution in [0.4, 0.5) is 24.8 Å². The fourth-order valence-electron chi connectivity index (χ4n) is 3.45.